The van der Waals surface area contributed by atoms with E-state index in [0.717, 1.165) is 12.0 Å². The zero-order valence-electron chi connectivity index (χ0n) is 9.58. The summed E-state index contributed by atoms with van der Waals surface area (Å²) < 4.78 is 0. The maximum atomic E-state index is 5.89. The minimum absolute atomic E-state index is 0.592. The van der Waals surface area contributed by atoms with Gasteiger partial charge in [0.25, 0.3) is 0 Å². The first-order valence-corrected chi connectivity index (χ1v) is 5.60. The van der Waals surface area contributed by atoms with E-state index < -0.39 is 0 Å². The van der Waals surface area contributed by atoms with Gasteiger partial charge in [-0.1, -0.05) is 36.4 Å². The van der Waals surface area contributed by atoms with Crippen LogP contribution in [0, 0.1) is 0 Å². The molecule has 2 aromatic rings. The van der Waals surface area contributed by atoms with Gasteiger partial charge >= 0.3 is 0 Å². The molecule has 0 aliphatic carbocycles. The summed E-state index contributed by atoms with van der Waals surface area (Å²) in [5.74, 6) is 0.592. The zero-order chi connectivity index (χ0) is 11.9. The van der Waals surface area contributed by atoms with Crippen molar-refractivity contribution in [1.82, 2.24) is 4.98 Å². The first-order chi connectivity index (χ1) is 8.36. The van der Waals surface area contributed by atoms with E-state index in [9.17, 15) is 0 Å². The van der Waals surface area contributed by atoms with E-state index in [0.29, 0.717) is 12.4 Å². The fraction of sp³-hybridized carbons (Fsp3) is 0.143. The van der Waals surface area contributed by atoms with Gasteiger partial charge in [0.05, 0.1) is 0 Å². The Morgan fingerprint density at radius 2 is 1.94 bits per heavy atom. The Kier molecular flexibility index (Phi) is 3.86. The molecule has 0 fully saturated rings. The van der Waals surface area contributed by atoms with Crippen LogP contribution in [0.25, 0.3) is 0 Å². The van der Waals surface area contributed by atoms with Crippen molar-refractivity contribution in [2.24, 2.45) is 10.7 Å². The first-order valence-electron chi connectivity index (χ1n) is 5.60. The average Bonchev–Trinajstić information content (AvgIpc) is 2.41. The highest BCUT2D eigenvalue weighted by Crippen LogP contribution is 2.00. The van der Waals surface area contributed by atoms with Crippen molar-refractivity contribution >= 4 is 5.84 Å². The number of rotatable bonds is 4. The van der Waals surface area contributed by atoms with Crippen molar-refractivity contribution in [2.75, 3.05) is 6.54 Å². The van der Waals surface area contributed by atoms with Gasteiger partial charge in [0, 0.05) is 24.5 Å². The normalized spacial score (nSPS) is 11.4. The van der Waals surface area contributed by atoms with Gasteiger partial charge < -0.3 is 5.73 Å². The van der Waals surface area contributed by atoms with Crippen molar-refractivity contribution in [1.29, 1.82) is 0 Å². The summed E-state index contributed by atoms with van der Waals surface area (Å²) in [6.45, 7) is 0.687. The molecule has 2 N–H and O–H groups in total. The molecule has 1 aromatic carbocycles. The summed E-state index contributed by atoms with van der Waals surface area (Å²) in [6.07, 6.45) is 4.49. The monoisotopic (exact) mass is 225 g/mol. The molecule has 0 amide bonds. The minimum atomic E-state index is 0.592. The van der Waals surface area contributed by atoms with Crippen LogP contribution in [-0.2, 0) is 6.42 Å². The lowest BCUT2D eigenvalue weighted by atomic mass is 10.2. The molecule has 3 heteroatoms. The highest BCUT2D eigenvalue weighted by Gasteiger charge is 1.96. The van der Waals surface area contributed by atoms with Crippen LogP contribution in [0.3, 0.4) is 0 Å². The van der Waals surface area contributed by atoms with Gasteiger partial charge in [0.2, 0.25) is 0 Å². The van der Waals surface area contributed by atoms with E-state index in [1.54, 1.807) is 6.20 Å². The van der Waals surface area contributed by atoms with Crippen LogP contribution in [0.2, 0.25) is 0 Å². The van der Waals surface area contributed by atoms with Crippen LogP contribution in [0.5, 0.6) is 0 Å². The maximum absolute atomic E-state index is 5.89. The van der Waals surface area contributed by atoms with E-state index >= 15 is 0 Å². The average molecular weight is 225 g/mol. The number of hydrogen-bond acceptors (Lipinski definition) is 2. The maximum Gasteiger partial charge on any atom is 0.125 e. The molecule has 0 spiro atoms. The zero-order valence-corrected chi connectivity index (χ0v) is 9.58. The topological polar surface area (TPSA) is 51.3 Å². The second-order valence-electron chi connectivity index (χ2n) is 3.74. The SMILES string of the molecule is NC(=NCCc1cccnc1)c1ccccc1. The van der Waals surface area contributed by atoms with Crippen LogP contribution in [0.4, 0.5) is 0 Å². The number of aliphatic imine (C=N–C) groups is 1. The Hall–Kier alpha value is -2.16. The highest BCUT2D eigenvalue weighted by atomic mass is 14.8. The van der Waals surface area contributed by atoms with E-state index in [-0.39, 0.29) is 0 Å². The molecule has 0 radical (unpaired) electrons. The molecule has 0 bridgehead atoms. The molecular formula is C14H15N3. The first kappa shape index (κ1) is 11.3. The van der Waals surface area contributed by atoms with Crippen LogP contribution < -0.4 is 5.73 Å². The fourth-order valence-corrected chi connectivity index (χ4v) is 1.55. The van der Waals surface area contributed by atoms with Gasteiger partial charge in [-0.15, -0.1) is 0 Å². The Balaban J connectivity index is 1.93. The Labute approximate surface area is 101 Å². The lowest BCUT2D eigenvalue weighted by Gasteiger charge is -2.01. The third kappa shape index (κ3) is 3.41. The van der Waals surface area contributed by atoms with Crippen molar-refractivity contribution in [2.45, 2.75) is 6.42 Å². The third-order valence-electron chi connectivity index (χ3n) is 2.47. The minimum Gasteiger partial charge on any atom is -0.384 e. The third-order valence-corrected chi connectivity index (χ3v) is 2.47. The second kappa shape index (κ2) is 5.80. The van der Waals surface area contributed by atoms with Gasteiger partial charge in [-0.05, 0) is 18.1 Å². The molecule has 0 aliphatic rings. The number of benzene rings is 1. The summed E-state index contributed by atoms with van der Waals surface area (Å²) in [6, 6.07) is 13.8. The molecule has 0 saturated heterocycles. The molecule has 86 valence electrons. The number of nitrogens with two attached hydrogens (primary N) is 1. The van der Waals surface area contributed by atoms with Crippen LogP contribution in [-0.4, -0.2) is 17.4 Å². The summed E-state index contributed by atoms with van der Waals surface area (Å²) in [7, 11) is 0. The van der Waals surface area contributed by atoms with Crippen molar-refractivity contribution < 1.29 is 0 Å². The van der Waals surface area contributed by atoms with Gasteiger partial charge in [-0.2, -0.15) is 0 Å². The lowest BCUT2D eigenvalue weighted by Crippen LogP contribution is -2.14. The van der Waals surface area contributed by atoms with Crippen molar-refractivity contribution in [3.05, 3.63) is 66.0 Å². The molecular weight excluding hydrogens is 210 g/mol. The Morgan fingerprint density at radius 1 is 1.12 bits per heavy atom. The summed E-state index contributed by atoms with van der Waals surface area (Å²) >= 11 is 0. The summed E-state index contributed by atoms with van der Waals surface area (Å²) in [5, 5.41) is 0. The molecule has 3 nitrogen and oxygen atoms in total. The number of aromatic nitrogens is 1. The Morgan fingerprint density at radius 3 is 2.65 bits per heavy atom. The molecule has 0 aliphatic heterocycles. The predicted octanol–water partition coefficient (Wildman–Crippen LogP) is 2.03. The molecule has 0 atom stereocenters. The summed E-state index contributed by atoms with van der Waals surface area (Å²) in [4.78, 5) is 8.42. The molecule has 0 saturated carbocycles. The number of amidine groups is 1. The molecule has 0 unspecified atom stereocenters. The van der Waals surface area contributed by atoms with Gasteiger partial charge in [-0.25, -0.2) is 0 Å². The van der Waals surface area contributed by atoms with Gasteiger partial charge in [0.15, 0.2) is 0 Å². The largest absolute Gasteiger partial charge is 0.384 e. The number of pyridine rings is 1. The molecule has 1 heterocycles. The van der Waals surface area contributed by atoms with Crippen LogP contribution in [0.15, 0.2) is 59.9 Å². The fourth-order valence-electron chi connectivity index (χ4n) is 1.55. The lowest BCUT2D eigenvalue weighted by molar-refractivity contribution is 0.956. The van der Waals surface area contributed by atoms with E-state index in [2.05, 4.69) is 9.98 Å². The van der Waals surface area contributed by atoms with Gasteiger partial charge in [-0.3, -0.25) is 9.98 Å². The predicted molar refractivity (Wildman–Crippen MR) is 70.0 cm³/mol. The van der Waals surface area contributed by atoms with Gasteiger partial charge in [0.1, 0.15) is 5.84 Å². The molecule has 17 heavy (non-hydrogen) atoms. The number of nitrogens with zero attached hydrogens (tertiary/aromatic N) is 2. The van der Waals surface area contributed by atoms with Crippen molar-refractivity contribution in [3.8, 4) is 0 Å². The number of hydrogen-bond donors (Lipinski definition) is 1. The highest BCUT2D eigenvalue weighted by molar-refractivity contribution is 5.97. The molecule has 1 aromatic heterocycles. The standard InChI is InChI=1S/C14H15N3/c15-14(13-6-2-1-3-7-13)17-10-8-12-5-4-9-16-11-12/h1-7,9,11H,8,10H2,(H2,15,17). The second-order valence-corrected chi connectivity index (χ2v) is 3.74. The smallest absolute Gasteiger partial charge is 0.125 e. The summed E-state index contributed by atoms with van der Waals surface area (Å²) in [5.41, 5.74) is 8.04. The van der Waals surface area contributed by atoms with Crippen LogP contribution in [0.1, 0.15) is 11.1 Å². The van der Waals surface area contributed by atoms with E-state index in [1.807, 2.05) is 48.7 Å². The van der Waals surface area contributed by atoms with E-state index in [4.69, 9.17) is 5.73 Å². The van der Waals surface area contributed by atoms with Crippen LogP contribution >= 0.6 is 0 Å². The quantitative estimate of drug-likeness (QED) is 0.639. The Bertz CT molecular complexity index is 477. The van der Waals surface area contributed by atoms with E-state index in [1.165, 1.54) is 5.56 Å². The molecule has 2 rings (SSSR count). The van der Waals surface area contributed by atoms with Crippen molar-refractivity contribution in [3.63, 3.8) is 0 Å².